The lowest BCUT2D eigenvalue weighted by Gasteiger charge is -2.20. The molecule has 0 bridgehead atoms. The van der Waals surface area contributed by atoms with E-state index in [0.717, 1.165) is 16.0 Å². The topological polar surface area (TPSA) is 70.7 Å². The Bertz CT molecular complexity index is 929. The smallest absolute Gasteiger partial charge is 0.238 e. The van der Waals surface area contributed by atoms with Crippen LogP contribution in [0.4, 0.5) is 5.13 Å². The van der Waals surface area contributed by atoms with Crippen molar-refractivity contribution in [1.29, 1.82) is 0 Å². The molecule has 7 heteroatoms. The van der Waals surface area contributed by atoms with Crippen LogP contribution < -0.4 is 5.43 Å². The normalized spacial score (nSPS) is 19.2. The van der Waals surface area contributed by atoms with Crippen LogP contribution in [0.2, 0.25) is 0 Å². The molecule has 3 aromatic rings. The van der Waals surface area contributed by atoms with Gasteiger partial charge in [-0.2, -0.15) is 0 Å². The lowest BCUT2D eigenvalue weighted by atomic mass is 10.1. The average molecular weight is 340 g/mol. The van der Waals surface area contributed by atoms with Crippen LogP contribution >= 0.6 is 11.3 Å². The number of aryl methyl sites for hydroxylation is 1. The minimum absolute atomic E-state index is 0.0819. The van der Waals surface area contributed by atoms with Gasteiger partial charge in [0.2, 0.25) is 11.0 Å². The van der Waals surface area contributed by atoms with Gasteiger partial charge in [0, 0.05) is 13.3 Å². The summed E-state index contributed by atoms with van der Waals surface area (Å²) in [5.41, 5.74) is 5.21. The van der Waals surface area contributed by atoms with Crippen LogP contribution in [0.25, 0.3) is 10.2 Å². The zero-order chi connectivity index (χ0) is 16.7. The van der Waals surface area contributed by atoms with Crippen LogP contribution in [-0.4, -0.2) is 21.7 Å². The van der Waals surface area contributed by atoms with Gasteiger partial charge in [-0.25, -0.2) is 15.0 Å². The number of fused-ring (bicyclic) bond motifs is 1. The summed E-state index contributed by atoms with van der Waals surface area (Å²) in [5, 5.41) is 2.23. The van der Waals surface area contributed by atoms with Crippen molar-refractivity contribution in [2.45, 2.75) is 26.3 Å². The second-order valence-corrected chi connectivity index (χ2v) is 6.77. The Kier molecular flexibility index (Phi) is 3.57. The quantitative estimate of drug-likeness (QED) is 0.772. The molecule has 1 fully saturated rings. The zero-order valence-corrected chi connectivity index (χ0v) is 14.1. The van der Waals surface area contributed by atoms with Crippen molar-refractivity contribution < 1.29 is 9.21 Å². The van der Waals surface area contributed by atoms with Gasteiger partial charge < -0.3 is 4.42 Å². The average Bonchev–Trinajstić information content (AvgIpc) is 3.24. The number of aromatic nitrogens is 1. The van der Waals surface area contributed by atoms with Crippen LogP contribution in [0.3, 0.4) is 0 Å². The van der Waals surface area contributed by atoms with Crippen molar-refractivity contribution in [2.24, 2.45) is 4.99 Å². The molecule has 0 spiro atoms. The van der Waals surface area contributed by atoms with Crippen molar-refractivity contribution in [3.63, 3.8) is 0 Å². The fraction of sp³-hybridized carbons (Fsp3) is 0.235. The van der Waals surface area contributed by atoms with Crippen LogP contribution in [0, 0.1) is 6.92 Å². The summed E-state index contributed by atoms with van der Waals surface area (Å²) >= 11 is 1.54. The Labute approximate surface area is 142 Å². The van der Waals surface area contributed by atoms with Crippen molar-refractivity contribution in [3.05, 3.63) is 47.9 Å². The van der Waals surface area contributed by atoms with Crippen molar-refractivity contribution in [2.75, 3.05) is 0 Å². The summed E-state index contributed by atoms with van der Waals surface area (Å²) in [6, 6.07) is 9.64. The number of amidine groups is 1. The monoisotopic (exact) mass is 340 g/mol. The second-order valence-electron chi connectivity index (χ2n) is 5.76. The number of hydrogen-bond donors (Lipinski definition) is 1. The third-order valence-corrected chi connectivity index (χ3v) is 4.83. The van der Waals surface area contributed by atoms with Gasteiger partial charge in [0.25, 0.3) is 0 Å². The van der Waals surface area contributed by atoms with Crippen LogP contribution in [-0.2, 0) is 4.79 Å². The lowest BCUT2D eigenvalue weighted by Crippen LogP contribution is -2.38. The van der Waals surface area contributed by atoms with E-state index < -0.39 is 0 Å². The Hall–Kier alpha value is -2.67. The number of amides is 1. The second kappa shape index (κ2) is 5.76. The predicted molar refractivity (Wildman–Crippen MR) is 93.2 cm³/mol. The molecule has 1 aliphatic heterocycles. The third kappa shape index (κ3) is 2.67. The molecule has 24 heavy (non-hydrogen) atoms. The maximum absolute atomic E-state index is 11.9. The molecule has 6 nitrogen and oxygen atoms in total. The summed E-state index contributed by atoms with van der Waals surface area (Å²) in [4.78, 5) is 21.0. The van der Waals surface area contributed by atoms with E-state index in [2.05, 4.69) is 28.4 Å². The van der Waals surface area contributed by atoms with Crippen LogP contribution in [0.1, 0.15) is 30.7 Å². The Morgan fingerprint density at radius 2 is 2.33 bits per heavy atom. The molecule has 0 saturated carbocycles. The molecule has 0 radical (unpaired) electrons. The van der Waals surface area contributed by atoms with Gasteiger partial charge in [-0.05, 0) is 36.8 Å². The van der Waals surface area contributed by atoms with Gasteiger partial charge in [-0.1, -0.05) is 17.4 Å². The number of furan rings is 1. The molecule has 1 unspecified atom stereocenters. The van der Waals surface area contributed by atoms with Crippen molar-refractivity contribution in [3.8, 4) is 0 Å². The number of rotatable bonds is 2. The molecule has 0 aliphatic carbocycles. The van der Waals surface area contributed by atoms with Crippen molar-refractivity contribution in [1.82, 2.24) is 15.4 Å². The van der Waals surface area contributed by atoms with E-state index in [0.29, 0.717) is 17.4 Å². The number of hydrazine groups is 1. The van der Waals surface area contributed by atoms with Gasteiger partial charge in [-0.3, -0.25) is 10.2 Å². The van der Waals surface area contributed by atoms with Crippen molar-refractivity contribution >= 4 is 38.4 Å². The highest BCUT2D eigenvalue weighted by Crippen LogP contribution is 2.32. The molecule has 2 aromatic heterocycles. The largest absolute Gasteiger partial charge is 0.467 e. The highest BCUT2D eigenvalue weighted by atomic mass is 32.1. The maximum Gasteiger partial charge on any atom is 0.238 e. The maximum atomic E-state index is 11.9. The number of nitrogens with one attached hydrogen (secondary N) is 1. The molecule has 1 saturated heterocycles. The van der Waals surface area contributed by atoms with E-state index in [4.69, 9.17) is 4.42 Å². The summed E-state index contributed by atoms with van der Waals surface area (Å²) in [5.74, 6) is 1.37. The molecule has 1 amide bonds. The molecule has 1 N–H and O–H groups in total. The molecule has 4 rings (SSSR count). The van der Waals surface area contributed by atoms with Gasteiger partial charge in [0.05, 0.1) is 16.5 Å². The third-order valence-electron chi connectivity index (χ3n) is 3.92. The number of benzene rings is 1. The number of aliphatic imine (C=N–C) groups is 1. The summed E-state index contributed by atoms with van der Waals surface area (Å²) in [6.07, 6.45) is 2.18. The van der Waals surface area contributed by atoms with E-state index in [1.165, 1.54) is 12.5 Å². The molecule has 3 heterocycles. The van der Waals surface area contributed by atoms with E-state index in [1.807, 2.05) is 24.3 Å². The van der Waals surface area contributed by atoms with Gasteiger partial charge in [0.1, 0.15) is 17.6 Å². The summed E-state index contributed by atoms with van der Waals surface area (Å²) in [7, 11) is 0. The molecular formula is C17H16N4O2S. The Morgan fingerprint density at radius 1 is 1.46 bits per heavy atom. The Balaban J connectivity index is 1.65. The first kappa shape index (κ1) is 14.9. The predicted octanol–water partition coefficient (Wildman–Crippen LogP) is 3.73. The van der Waals surface area contributed by atoms with Gasteiger partial charge in [-0.15, -0.1) is 0 Å². The minimum atomic E-state index is -0.187. The summed E-state index contributed by atoms with van der Waals surface area (Å²) < 4.78 is 6.57. The molecule has 1 aliphatic rings. The number of carbonyl (C=O) groups is 1. The molecule has 1 atom stereocenters. The van der Waals surface area contributed by atoms with Gasteiger partial charge >= 0.3 is 0 Å². The highest BCUT2D eigenvalue weighted by Gasteiger charge is 2.34. The first-order valence-corrected chi connectivity index (χ1v) is 8.46. The van der Waals surface area contributed by atoms with E-state index in [-0.39, 0.29) is 11.9 Å². The molecule has 1 aromatic carbocycles. The van der Waals surface area contributed by atoms with E-state index in [9.17, 15) is 4.79 Å². The number of nitrogens with zero attached hydrogens (tertiary/aromatic N) is 3. The fourth-order valence-electron chi connectivity index (χ4n) is 2.80. The first-order chi connectivity index (χ1) is 11.6. The van der Waals surface area contributed by atoms with Crippen LogP contribution in [0.5, 0.6) is 0 Å². The standard InChI is InChI=1S/C17H16N4O2S/c1-10-5-6-12-15(8-10)24-17(18-12)19-16-9-13(14-4-3-7-23-14)21(20-16)11(2)22/h3-8,13H,9H2,1-2H3,(H,18,19,20). The number of carbonyl (C=O) groups excluding carboxylic acids is 1. The zero-order valence-electron chi connectivity index (χ0n) is 13.3. The minimum Gasteiger partial charge on any atom is -0.467 e. The Morgan fingerprint density at radius 3 is 3.08 bits per heavy atom. The molecular weight excluding hydrogens is 324 g/mol. The van der Waals surface area contributed by atoms with Gasteiger partial charge in [0.15, 0.2) is 0 Å². The van der Waals surface area contributed by atoms with Crippen LogP contribution in [0.15, 0.2) is 46.0 Å². The SMILES string of the molecule is CC(=O)N1N/C(=N/c2nc3ccc(C)cc3s2)CC1c1ccco1. The van der Waals surface area contributed by atoms with E-state index >= 15 is 0 Å². The first-order valence-electron chi connectivity index (χ1n) is 7.65. The molecule has 122 valence electrons. The van der Waals surface area contributed by atoms with E-state index in [1.54, 1.807) is 22.6 Å². The summed E-state index contributed by atoms with van der Waals surface area (Å²) in [6.45, 7) is 3.58. The lowest BCUT2D eigenvalue weighted by molar-refractivity contribution is -0.132. The number of hydrogen-bond acceptors (Lipinski definition) is 5. The fourth-order valence-corrected chi connectivity index (χ4v) is 3.76. The highest BCUT2D eigenvalue weighted by molar-refractivity contribution is 7.22. The number of thiazole rings is 1.